The Bertz CT molecular complexity index is 1810. The Balaban J connectivity index is 1.35. The maximum atomic E-state index is 13.9. The van der Waals surface area contributed by atoms with Crippen molar-refractivity contribution in [1.29, 1.82) is 10.5 Å². The van der Waals surface area contributed by atoms with Crippen LogP contribution in [-0.4, -0.2) is 72.6 Å². The Kier molecular flexibility index (Phi) is 7.63. The van der Waals surface area contributed by atoms with Gasteiger partial charge in [-0.25, -0.2) is 9.37 Å². The number of pyridine rings is 1. The molecule has 7 rings (SSSR count). The predicted octanol–water partition coefficient (Wildman–Crippen LogP) is 5.97. The number of carbonyl (C=O) groups excluding carboxylic acids is 1. The van der Waals surface area contributed by atoms with Gasteiger partial charge in [0.1, 0.15) is 18.2 Å². The van der Waals surface area contributed by atoms with Gasteiger partial charge in [-0.2, -0.15) is 10.5 Å². The molecule has 45 heavy (non-hydrogen) atoms. The summed E-state index contributed by atoms with van der Waals surface area (Å²) in [4.78, 5) is 23.1. The quantitative estimate of drug-likeness (QED) is 0.299. The van der Waals surface area contributed by atoms with Gasteiger partial charge in [-0.3, -0.25) is 4.79 Å². The molecule has 2 unspecified atom stereocenters. The van der Waals surface area contributed by atoms with Crippen molar-refractivity contribution in [3.05, 3.63) is 64.5 Å². The zero-order valence-electron chi connectivity index (χ0n) is 25.2. The minimum absolute atomic E-state index is 0.00395. The van der Waals surface area contributed by atoms with Gasteiger partial charge in [-0.05, 0) is 79.9 Å². The smallest absolute Gasteiger partial charge is 0.282 e. The lowest BCUT2D eigenvalue weighted by Gasteiger charge is -2.42. The van der Waals surface area contributed by atoms with Crippen molar-refractivity contribution in [2.75, 3.05) is 44.7 Å². The van der Waals surface area contributed by atoms with Gasteiger partial charge in [0.15, 0.2) is 5.83 Å². The Morgan fingerprint density at radius 3 is 2.78 bits per heavy atom. The zero-order chi connectivity index (χ0) is 31.4. The van der Waals surface area contributed by atoms with Crippen molar-refractivity contribution in [3.63, 3.8) is 0 Å². The SMILES string of the molecule is C=C(F)C(=O)N1CCN(c2c(C#N)c(OC[C@@H]3CCCN3C)nc3cc(-c4cccc5c4C4CC4C5)c(Cl)cc23)C[C@@H]1CC#N. The topological polar surface area (TPSA) is 96.5 Å². The largest absolute Gasteiger partial charge is 0.475 e. The molecular formula is C35H34ClFN6O2. The molecule has 3 fully saturated rings. The Labute approximate surface area is 267 Å². The minimum Gasteiger partial charge on any atom is -0.475 e. The van der Waals surface area contributed by atoms with Gasteiger partial charge in [0, 0.05) is 41.6 Å². The Morgan fingerprint density at radius 1 is 1.20 bits per heavy atom. The maximum Gasteiger partial charge on any atom is 0.282 e. The number of halogens is 2. The molecular weight excluding hydrogens is 591 g/mol. The van der Waals surface area contributed by atoms with Crippen molar-refractivity contribution < 1.29 is 13.9 Å². The van der Waals surface area contributed by atoms with E-state index in [9.17, 15) is 19.7 Å². The number of ether oxygens (including phenoxy) is 1. The lowest BCUT2D eigenvalue weighted by molar-refractivity contribution is -0.131. The first kappa shape index (κ1) is 29.5. The summed E-state index contributed by atoms with van der Waals surface area (Å²) >= 11 is 7.07. The number of carbonyl (C=O) groups is 1. The summed E-state index contributed by atoms with van der Waals surface area (Å²) < 4.78 is 20.2. The van der Waals surface area contributed by atoms with E-state index >= 15 is 0 Å². The highest BCUT2D eigenvalue weighted by Crippen LogP contribution is 2.59. The summed E-state index contributed by atoms with van der Waals surface area (Å²) in [6.45, 7) is 5.27. The molecule has 2 aliphatic heterocycles. The summed E-state index contributed by atoms with van der Waals surface area (Å²) in [5, 5.41) is 21.3. The standard InChI is InChI=1S/C35H34ClFN6O2/c1-20(37)35(44)43-12-11-42(18-23(43)8-9-38)33-28-15-30(36)27(25-7-3-5-21-13-22-14-26(22)32(21)25)16-31(28)40-34(29(33)17-39)45-19-24-6-4-10-41(24)2/h3,5,7,15-16,22-24,26H,1,4,6,8,10-14,18-19H2,2H3/t22?,23-,24-,26?/m0/s1. The molecule has 4 atom stereocenters. The predicted molar refractivity (Wildman–Crippen MR) is 171 cm³/mol. The zero-order valence-corrected chi connectivity index (χ0v) is 26.0. The van der Waals surface area contributed by atoms with Crippen LogP contribution in [0.5, 0.6) is 5.88 Å². The number of likely N-dealkylation sites (N-methyl/N-ethyl adjacent to an activating group) is 1. The van der Waals surface area contributed by atoms with Crippen LogP contribution in [0, 0.1) is 28.6 Å². The van der Waals surface area contributed by atoms with Crippen LogP contribution in [0.25, 0.3) is 22.0 Å². The minimum atomic E-state index is -1.06. The number of hydrogen-bond donors (Lipinski definition) is 0. The molecule has 230 valence electrons. The molecule has 3 aromatic rings. The van der Waals surface area contributed by atoms with Gasteiger partial charge in [0.05, 0.1) is 29.7 Å². The first-order valence-electron chi connectivity index (χ1n) is 15.6. The van der Waals surface area contributed by atoms with Gasteiger partial charge in [-0.1, -0.05) is 36.4 Å². The van der Waals surface area contributed by atoms with Gasteiger partial charge < -0.3 is 19.4 Å². The van der Waals surface area contributed by atoms with Crippen LogP contribution in [-0.2, 0) is 11.2 Å². The van der Waals surface area contributed by atoms with Crippen molar-refractivity contribution in [3.8, 4) is 29.1 Å². The van der Waals surface area contributed by atoms with Crippen LogP contribution in [0.2, 0.25) is 5.02 Å². The van der Waals surface area contributed by atoms with Gasteiger partial charge in [0.25, 0.3) is 5.91 Å². The van der Waals surface area contributed by atoms with Crippen molar-refractivity contribution in [2.45, 2.75) is 50.1 Å². The number of amides is 1. The highest BCUT2D eigenvalue weighted by Gasteiger charge is 2.46. The molecule has 0 bridgehead atoms. The van der Waals surface area contributed by atoms with E-state index in [1.807, 2.05) is 17.0 Å². The van der Waals surface area contributed by atoms with Gasteiger partial charge in [0.2, 0.25) is 5.88 Å². The number of benzene rings is 2. The second kappa shape index (κ2) is 11.6. The number of rotatable bonds is 7. The summed E-state index contributed by atoms with van der Waals surface area (Å²) in [5.41, 5.74) is 6.31. The number of likely N-dealkylation sites (tertiary alicyclic amines) is 1. The van der Waals surface area contributed by atoms with Crippen LogP contribution < -0.4 is 9.64 Å². The monoisotopic (exact) mass is 624 g/mol. The van der Waals surface area contributed by atoms with E-state index in [1.165, 1.54) is 22.4 Å². The molecule has 4 aliphatic rings. The molecule has 8 nitrogen and oxygen atoms in total. The molecule has 0 N–H and O–H groups in total. The third-order valence-electron chi connectivity index (χ3n) is 10.1. The molecule has 2 aromatic carbocycles. The van der Waals surface area contributed by atoms with E-state index in [0.29, 0.717) is 40.7 Å². The highest BCUT2D eigenvalue weighted by molar-refractivity contribution is 6.34. The number of fused-ring (bicyclic) bond motifs is 4. The van der Waals surface area contributed by atoms with Crippen LogP contribution in [0.3, 0.4) is 0 Å². The lowest BCUT2D eigenvalue weighted by atomic mass is 9.93. The second-order valence-corrected chi connectivity index (χ2v) is 13.1. The van der Waals surface area contributed by atoms with Crippen LogP contribution in [0.15, 0.2) is 42.7 Å². The van der Waals surface area contributed by atoms with Crippen LogP contribution in [0.4, 0.5) is 10.1 Å². The van der Waals surface area contributed by atoms with Crippen molar-refractivity contribution >= 4 is 34.1 Å². The van der Waals surface area contributed by atoms with Gasteiger partial charge in [-0.15, -0.1) is 0 Å². The Hall–Kier alpha value is -4.18. The number of anilines is 1. The van der Waals surface area contributed by atoms with E-state index in [1.54, 1.807) is 0 Å². The number of hydrogen-bond acceptors (Lipinski definition) is 7. The first-order valence-corrected chi connectivity index (χ1v) is 16.0. The summed E-state index contributed by atoms with van der Waals surface area (Å²) in [7, 11) is 2.07. The molecule has 0 radical (unpaired) electrons. The molecule has 1 aromatic heterocycles. The molecule has 2 saturated heterocycles. The number of piperazine rings is 1. The highest BCUT2D eigenvalue weighted by atomic mass is 35.5. The summed E-state index contributed by atoms with van der Waals surface area (Å²) in [6.07, 6.45) is 4.42. The number of nitriles is 2. The molecule has 1 amide bonds. The number of nitrogens with zero attached hydrogens (tertiary/aromatic N) is 6. The molecule has 0 spiro atoms. The van der Waals surface area contributed by atoms with E-state index in [4.69, 9.17) is 21.3 Å². The van der Waals surface area contributed by atoms with Gasteiger partial charge >= 0.3 is 0 Å². The van der Waals surface area contributed by atoms with E-state index in [2.05, 4.69) is 48.9 Å². The van der Waals surface area contributed by atoms with Crippen molar-refractivity contribution in [1.82, 2.24) is 14.8 Å². The summed E-state index contributed by atoms with van der Waals surface area (Å²) in [6, 6.07) is 14.4. The Morgan fingerprint density at radius 2 is 2.04 bits per heavy atom. The summed E-state index contributed by atoms with van der Waals surface area (Å²) in [5.74, 6) is -0.331. The van der Waals surface area contributed by atoms with Crippen molar-refractivity contribution in [2.24, 2.45) is 5.92 Å². The van der Waals surface area contributed by atoms with E-state index in [-0.39, 0.29) is 37.0 Å². The molecule has 1 saturated carbocycles. The first-order chi connectivity index (χ1) is 21.8. The van der Waals surface area contributed by atoms with Crippen LogP contribution >= 0.6 is 11.6 Å². The van der Waals surface area contributed by atoms with Crippen LogP contribution in [0.1, 0.15) is 48.3 Å². The molecule has 10 heteroatoms. The fraction of sp³-hybridized carbons (Fsp3) is 0.429. The van der Waals surface area contributed by atoms with E-state index in [0.717, 1.165) is 42.9 Å². The fourth-order valence-corrected chi connectivity index (χ4v) is 7.95. The fourth-order valence-electron chi connectivity index (χ4n) is 7.68. The second-order valence-electron chi connectivity index (χ2n) is 12.7. The average molecular weight is 625 g/mol. The lowest BCUT2D eigenvalue weighted by Crippen LogP contribution is -2.55. The number of aromatic nitrogens is 1. The van der Waals surface area contributed by atoms with E-state index < -0.39 is 17.8 Å². The normalized spacial score (nSPS) is 23.8. The molecule has 3 heterocycles. The third kappa shape index (κ3) is 5.18. The third-order valence-corrected chi connectivity index (χ3v) is 10.4. The maximum absolute atomic E-state index is 13.9. The molecule has 2 aliphatic carbocycles. The average Bonchev–Trinajstić information content (AvgIpc) is 3.51.